The molecule has 0 fully saturated rings. The second-order valence-corrected chi connectivity index (χ2v) is 2.48. The molecule has 102 valence electrons. The van der Waals surface area contributed by atoms with E-state index in [0.717, 1.165) is 0 Å². The fourth-order valence-electron chi connectivity index (χ4n) is 0.714. The second kappa shape index (κ2) is 15.6. The van der Waals surface area contributed by atoms with E-state index in [2.05, 4.69) is 0 Å². The van der Waals surface area contributed by atoms with Crippen LogP contribution in [0.15, 0.2) is 0 Å². The minimum absolute atomic E-state index is 0. The summed E-state index contributed by atoms with van der Waals surface area (Å²) in [5.74, 6) is -5.02. The van der Waals surface area contributed by atoms with Crippen molar-refractivity contribution >= 4 is 89.4 Å². The summed E-state index contributed by atoms with van der Waals surface area (Å²) in [4.78, 5) is 30.5. The van der Waals surface area contributed by atoms with Gasteiger partial charge in [0.15, 0.2) is 5.60 Å². The van der Waals surface area contributed by atoms with Gasteiger partial charge in [0.1, 0.15) is 0 Å². The third-order valence-electron chi connectivity index (χ3n) is 1.29. The van der Waals surface area contributed by atoms with E-state index < -0.39 is 36.4 Å². The third-order valence-corrected chi connectivity index (χ3v) is 1.29. The molecular formula is C6H15ClNa2O9. The van der Waals surface area contributed by atoms with Crippen LogP contribution in [-0.2, 0) is 14.4 Å². The minimum atomic E-state index is -2.74. The van der Waals surface area contributed by atoms with Gasteiger partial charge in [0, 0.05) is 0 Å². The van der Waals surface area contributed by atoms with Crippen LogP contribution >= 0.6 is 12.4 Å². The molecule has 18 heavy (non-hydrogen) atoms. The molecule has 0 unspecified atom stereocenters. The van der Waals surface area contributed by atoms with Crippen LogP contribution < -0.4 is 0 Å². The zero-order chi connectivity index (χ0) is 10.6. The number of aliphatic carboxylic acids is 3. The predicted molar refractivity (Wildman–Crippen MR) is 65.9 cm³/mol. The standard InChI is InChI=1S/C6H8O7.ClH.2Na.2H2O.2H/c7-3(8)1-6(13,5(11)12)2-4(9)10;;;;;;;/h13H,1-2H2,(H,7,8)(H,9,10)(H,11,12);1H;;;2*1H2;;. The molecule has 0 bridgehead atoms. The van der Waals surface area contributed by atoms with Gasteiger partial charge in [-0.25, -0.2) is 4.79 Å². The summed E-state index contributed by atoms with van der Waals surface area (Å²) in [5.41, 5.74) is -2.74. The molecule has 0 aliphatic rings. The first-order valence-corrected chi connectivity index (χ1v) is 3.17. The summed E-state index contributed by atoms with van der Waals surface area (Å²) in [5, 5.41) is 33.8. The summed E-state index contributed by atoms with van der Waals surface area (Å²) in [7, 11) is 0. The summed E-state index contributed by atoms with van der Waals surface area (Å²) in [6, 6.07) is 0. The number of carboxylic acids is 3. The number of aliphatic hydroxyl groups is 1. The quantitative estimate of drug-likeness (QED) is 0.373. The van der Waals surface area contributed by atoms with Crippen molar-refractivity contribution in [3.05, 3.63) is 0 Å². The van der Waals surface area contributed by atoms with E-state index >= 15 is 0 Å². The SMILES string of the molecule is Cl.O.O.O=C(O)CC(O)(CC(=O)O)C(=O)O.[NaH].[NaH]. The van der Waals surface area contributed by atoms with E-state index in [0.29, 0.717) is 0 Å². The zero-order valence-electron chi connectivity index (χ0n) is 7.84. The molecule has 8 N–H and O–H groups in total. The Kier molecular flexibility index (Phi) is 31.5. The van der Waals surface area contributed by atoms with Crippen LogP contribution in [0.1, 0.15) is 12.8 Å². The van der Waals surface area contributed by atoms with Gasteiger partial charge in [0.05, 0.1) is 12.8 Å². The van der Waals surface area contributed by atoms with Crippen molar-refractivity contribution in [1.29, 1.82) is 0 Å². The molecule has 0 radical (unpaired) electrons. The van der Waals surface area contributed by atoms with Crippen LogP contribution in [0.25, 0.3) is 0 Å². The zero-order valence-corrected chi connectivity index (χ0v) is 8.65. The van der Waals surface area contributed by atoms with Crippen LogP contribution in [0, 0.1) is 0 Å². The molecule has 0 aromatic rings. The average Bonchev–Trinajstić information content (AvgIpc) is 1.82. The van der Waals surface area contributed by atoms with Crippen molar-refractivity contribution in [2.45, 2.75) is 18.4 Å². The summed E-state index contributed by atoms with van der Waals surface area (Å²) in [6.07, 6.45) is -2.29. The Labute approximate surface area is 152 Å². The van der Waals surface area contributed by atoms with E-state index in [1.807, 2.05) is 0 Å². The first-order valence-electron chi connectivity index (χ1n) is 3.17. The van der Waals surface area contributed by atoms with Gasteiger partial charge in [-0.2, -0.15) is 0 Å². The van der Waals surface area contributed by atoms with Crippen LogP contribution in [0.2, 0.25) is 0 Å². The number of carbonyl (C=O) groups is 3. The second-order valence-electron chi connectivity index (χ2n) is 2.48. The maximum atomic E-state index is 10.3. The van der Waals surface area contributed by atoms with Crippen molar-refractivity contribution in [1.82, 2.24) is 0 Å². The van der Waals surface area contributed by atoms with Crippen LogP contribution in [0.5, 0.6) is 0 Å². The Morgan fingerprint density at radius 2 is 1.06 bits per heavy atom. The number of hydrogen-bond donors (Lipinski definition) is 4. The molecule has 0 aromatic carbocycles. The molecular weight excluding hydrogens is 297 g/mol. The third kappa shape index (κ3) is 14.6. The van der Waals surface area contributed by atoms with E-state index in [9.17, 15) is 14.4 Å². The summed E-state index contributed by atoms with van der Waals surface area (Å²) >= 11 is 0. The number of rotatable bonds is 5. The van der Waals surface area contributed by atoms with Crippen LogP contribution in [0.4, 0.5) is 0 Å². The van der Waals surface area contributed by atoms with Crippen LogP contribution in [0.3, 0.4) is 0 Å². The van der Waals surface area contributed by atoms with Gasteiger partial charge in [-0.05, 0) is 0 Å². The molecule has 0 aliphatic heterocycles. The normalized spacial score (nSPS) is 7.83. The molecule has 0 heterocycles. The first kappa shape index (κ1) is 36.3. The van der Waals surface area contributed by atoms with Gasteiger partial charge in [-0.3, -0.25) is 9.59 Å². The number of carboxylic acid groups (broad SMARTS) is 3. The van der Waals surface area contributed by atoms with Gasteiger partial charge in [-0.15, -0.1) is 12.4 Å². The molecule has 0 amide bonds. The topological polar surface area (TPSA) is 195 Å². The molecule has 9 nitrogen and oxygen atoms in total. The Balaban J connectivity index is -0.0000000720. The summed E-state index contributed by atoms with van der Waals surface area (Å²) < 4.78 is 0. The Bertz CT molecular complexity index is 243. The number of halogens is 1. The molecule has 0 aromatic heterocycles. The van der Waals surface area contributed by atoms with E-state index in [-0.39, 0.29) is 82.5 Å². The van der Waals surface area contributed by atoms with Crippen molar-refractivity contribution in [2.24, 2.45) is 0 Å². The average molecular weight is 313 g/mol. The Morgan fingerprint density at radius 1 is 0.833 bits per heavy atom. The molecule has 0 saturated heterocycles. The fraction of sp³-hybridized carbons (Fsp3) is 0.500. The first-order chi connectivity index (χ1) is 5.78. The van der Waals surface area contributed by atoms with Crippen molar-refractivity contribution in [3.63, 3.8) is 0 Å². The summed E-state index contributed by atoms with van der Waals surface area (Å²) in [6.45, 7) is 0. The Hall–Kier alpha value is 0.580. The van der Waals surface area contributed by atoms with Crippen molar-refractivity contribution in [3.8, 4) is 0 Å². The fourth-order valence-corrected chi connectivity index (χ4v) is 0.714. The van der Waals surface area contributed by atoms with Gasteiger partial charge >= 0.3 is 77.0 Å². The monoisotopic (exact) mass is 312 g/mol. The van der Waals surface area contributed by atoms with Crippen molar-refractivity contribution < 1.29 is 45.8 Å². The molecule has 0 rings (SSSR count). The van der Waals surface area contributed by atoms with Gasteiger partial charge in [-0.1, -0.05) is 0 Å². The molecule has 0 aliphatic carbocycles. The maximum absolute atomic E-state index is 10.3. The van der Waals surface area contributed by atoms with E-state index in [1.165, 1.54) is 0 Å². The van der Waals surface area contributed by atoms with Crippen LogP contribution in [-0.4, -0.2) is 114 Å². The Morgan fingerprint density at radius 3 is 1.17 bits per heavy atom. The number of hydrogen-bond acceptors (Lipinski definition) is 4. The van der Waals surface area contributed by atoms with Gasteiger partial charge < -0.3 is 31.4 Å². The van der Waals surface area contributed by atoms with Gasteiger partial charge in [0.2, 0.25) is 0 Å². The molecule has 0 atom stereocenters. The molecule has 12 heteroatoms. The molecule has 0 spiro atoms. The van der Waals surface area contributed by atoms with Gasteiger partial charge in [0.25, 0.3) is 0 Å². The molecule has 0 saturated carbocycles. The van der Waals surface area contributed by atoms with E-state index in [1.54, 1.807) is 0 Å². The predicted octanol–water partition coefficient (Wildman–Crippen LogP) is -3.77. The van der Waals surface area contributed by atoms with E-state index in [4.69, 9.17) is 20.4 Å². The van der Waals surface area contributed by atoms with Crippen molar-refractivity contribution in [2.75, 3.05) is 0 Å².